The number of benzene rings is 1. The van der Waals surface area contributed by atoms with E-state index in [9.17, 15) is 4.79 Å². The summed E-state index contributed by atoms with van der Waals surface area (Å²) in [5, 5.41) is 9.55. The van der Waals surface area contributed by atoms with Gasteiger partial charge in [-0.15, -0.1) is 24.0 Å². The van der Waals surface area contributed by atoms with Crippen LogP contribution in [-0.2, 0) is 4.79 Å². The van der Waals surface area contributed by atoms with E-state index in [0.29, 0.717) is 25.0 Å². The van der Waals surface area contributed by atoms with E-state index in [1.165, 1.54) is 5.56 Å². The summed E-state index contributed by atoms with van der Waals surface area (Å²) < 4.78 is 0. The van der Waals surface area contributed by atoms with E-state index in [1.54, 1.807) is 7.05 Å². The number of rotatable bonds is 7. The number of guanidine groups is 1. The molecule has 25 heavy (non-hydrogen) atoms. The lowest BCUT2D eigenvalue weighted by Crippen LogP contribution is -2.50. The molecule has 0 saturated heterocycles. The van der Waals surface area contributed by atoms with Crippen molar-refractivity contribution in [2.24, 2.45) is 10.4 Å². The lowest BCUT2D eigenvalue weighted by atomic mass is 9.92. The van der Waals surface area contributed by atoms with Gasteiger partial charge in [0.25, 0.3) is 0 Å². The van der Waals surface area contributed by atoms with Gasteiger partial charge in [-0.05, 0) is 33.3 Å². The summed E-state index contributed by atoms with van der Waals surface area (Å²) in [6, 6.07) is 10.6. The van der Waals surface area contributed by atoms with Crippen LogP contribution in [0.25, 0.3) is 0 Å². The number of halogens is 1. The van der Waals surface area contributed by atoms with E-state index in [2.05, 4.69) is 59.1 Å². The average Bonchev–Trinajstić information content (AvgIpc) is 2.58. The summed E-state index contributed by atoms with van der Waals surface area (Å²) in [5.41, 5.74) is 0.789. The van der Waals surface area contributed by atoms with Crippen LogP contribution in [0.1, 0.15) is 46.1 Å². The molecule has 0 aliphatic heterocycles. The normalized spacial score (nSPS) is 14.1. The summed E-state index contributed by atoms with van der Waals surface area (Å²) in [4.78, 5) is 16.3. The Morgan fingerprint density at radius 2 is 1.76 bits per heavy atom. The van der Waals surface area contributed by atoms with E-state index in [0.717, 1.165) is 0 Å². The Morgan fingerprint density at radius 3 is 2.28 bits per heavy atom. The molecular formula is C19H33IN4O. The van der Waals surface area contributed by atoms with Crippen LogP contribution in [0.2, 0.25) is 0 Å². The van der Waals surface area contributed by atoms with Crippen LogP contribution in [0.5, 0.6) is 0 Å². The summed E-state index contributed by atoms with van der Waals surface area (Å²) in [7, 11) is 1.74. The van der Waals surface area contributed by atoms with Gasteiger partial charge < -0.3 is 16.0 Å². The summed E-state index contributed by atoms with van der Waals surface area (Å²) in [6.07, 6.45) is 0. The molecule has 142 valence electrons. The Morgan fingerprint density at radius 1 is 1.16 bits per heavy atom. The predicted molar refractivity (Wildman–Crippen MR) is 117 cm³/mol. The lowest BCUT2D eigenvalue weighted by molar-refractivity contribution is -0.128. The molecule has 0 spiro atoms. The Hall–Kier alpha value is -1.31. The molecule has 5 nitrogen and oxygen atoms in total. The third-order valence-corrected chi connectivity index (χ3v) is 4.31. The number of amides is 1. The first-order valence-electron chi connectivity index (χ1n) is 8.62. The number of hydrogen-bond donors (Lipinski definition) is 3. The fourth-order valence-electron chi connectivity index (χ4n) is 2.37. The molecule has 1 amide bonds. The predicted octanol–water partition coefficient (Wildman–Crippen LogP) is 3.12. The largest absolute Gasteiger partial charge is 0.356 e. The molecule has 0 saturated carbocycles. The lowest BCUT2D eigenvalue weighted by Gasteiger charge is -2.27. The highest BCUT2D eigenvalue weighted by Gasteiger charge is 2.27. The zero-order valence-corrected chi connectivity index (χ0v) is 18.5. The first-order chi connectivity index (χ1) is 11.3. The number of carbonyl (C=O) groups is 1. The van der Waals surface area contributed by atoms with Gasteiger partial charge in [0.1, 0.15) is 0 Å². The maximum atomic E-state index is 12.1. The van der Waals surface area contributed by atoms with Gasteiger partial charge in [-0.1, -0.05) is 37.3 Å². The molecule has 0 aromatic heterocycles. The number of aliphatic imine (C=N–C) groups is 1. The van der Waals surface area contributed by atoms with E-state index >= 15 is 0 Å². The Balaban J connectivity index is 0.00000576. The van der Waals surface area contributed by atoms with E-state index in [4.69, 9.17) is 0 Å². The van der Waals surface area contributed by atoms with Crippen molar-refractivity contribution in [1.82, 2.24) is 16.0 Å². The first kappa shape index (κ1) is 23.7. The van der Waals surface area contributed by atoms with Crippen molar-refractivity contribution in [3.8, 4) is 0 Å². The number of nitrogens with zero attached hydrogens (tertiary/aromatic N) is 1. The monoisotopic (exact) mass is 460 g/mol. The van der Waals surface area contributed by atoms with Crippen LogP contribution >= 0.6 is 24.0 Å². The van der Waals surface area contributed by atoms with E-state index < -0.39 is 5.41 Å². The van der Waals surface area contributed by atoms with Crippen LogP contribution in [0, 0.1) is 5.41 Å². The number of nitrogens with one attached hydrogen (secondary N) is 3. The molecule has 0 aliphatic rings. The average molecular weight is 460 g/mol. The third kappa shape index (κ3) is 7.63. The Kier molecular flexibility index (Phi) is 10.7. The molecule has 0 radical (unpaired) electrons. The van der Waals surface area contributed by atoms with Crippen LogP contribution < -0.4 is 16.0 Å². The van der Waals surface area contributed by atoms with Crippen molar-refractivity contribution in [1.29, 1.82) is 0 Å². The molecule has 0 bridgehead atoms. The van der Waals surface area contributed by atoms with Gasteiger partial charge in [-0.2, -0.15) is 0 Å². The second kappa shape index (κ2) is 11.3. The summed E-state index contributed by atoms with van der Waals surface area (Å²) >= 11 is 0. The maximum absolute atomic E-state index is 12.1. The minimum absolute atomic E-state index is 0. The second-order valence-corrected chi connectivity index (χ2v) is 6.80. The van der Waals surface area contributed by atoms with Crippen molar-refractivity contribution in [3.63, 3.8) is 0 Å². The molecular weight excluding hydrogens is 427 g/mol. The van der Waals surface area contributed by atoms with Crippen LogP contribution in [0.4, 0.5) is 0 Å². The van der Waals surface area contributed by atoms with Crippen LogP contribution in [0.3, 0.4) is 0 Å². The van der Waals surface area contributed by atoms with Crippen LogP contribution in [0.15, 0.2) is 35.3 Å². The molecule has 0 heterocycles. The quantitative estimate of drug-likeness (QED) is 0.333. The van der Waals surface area contributed by atoms with Crippen molar-refractivity contribution in [3.05, 3.63) is 35.9 Å². The van der Waals surface area contributed by atoms with Gasteiger partial charge >= 0.3 is 0 Å². The Bertz CT molecular complexity index is 546. The molecule has 0 fully saturated rings. The SMILES string of the molecule is CCNC(=O)C(C)(C)CNC(=NC)NC(C)C(C)c1ccccc1.I. The molecule has 2 atom stereocenters. The fourth-order valence-corrected chi connectivity index (χ4v) is 2.37. The van der Waals surface area contributed by atoms with Gasteiger partial charge in [0.05, 0.1) is 5.41 Å². The van der Waals surface area contributed by atoms with Gasteiger partial charge in [0.2, 0.25) is 5.91 Å². The zero-order chi connectivity index (χ0) is 18.2. The number of carbonyl (C=O) groups excluding carboxylic acids is 1. The molecule has 1 aromatic carbocycles. The molecule has 1 aromatic rings. The van der Waals surface area contributed by atoms with Crippen LogP contribution in [-0.4, -0.2) is 38.0 Å². The standard InChI is InChI=1S/C19H32N4O.HI/c1-7-21-17(24)19(4,5)13-22-18(20-6)23-15(3)14(2)16-11-9-8-10-12-16;/h8-12,14-15H,7,13H2,1-6H3,(H,21,24)(H2,20,22,23);1H. The second-order valence-electron chi connectivity index (χ2n) is 6.80. The van der Waals surface area contributed by atoms with Crippen molar-refractivity contribution >= 4 is 35.8 Å². The maximum Gasteiger partial charge on any atom is 0.227 e. The molecule has 6 heteroatoms. The highest BCUT2D eigenvalue weighted by Crippen LogP contribution is 2.18. The highest BCUT2D eigenvalue weighted by molar-refractivity contribution is 14.0. The topological polar surface area (TPSA) is 65.5 Å². The molecule has 2 unspecified atom stereocenters. The first-order valence-corrected chi connectivity index (χ1v) is 8.62. The number of hydrogen-bond acceptors (Lipinski definition) is 2. The van der Waals surface area contributed by atoms with Crippen molar-refractivity contribution < 1.29 is 4.79 Å². The van der Waals surface area contributed by atoms with Gasteiger partial charge in [-0.3, -0.25) is 9.79 Å². The van der Waals surface area contributed by atoms with E-state index in [-0.39, 0.29) is 35.9 Å². The molecule has 0 aliphatic carbocycles. The smallest absolute Gasteiger partial charge is 0.227 e. The zero-order valence-electron chi connectivity index (χ0n) is 16.2. The van der Waals surface area contributed by atoms with Crippen molar-refractivity contribution in [2.45, 2.75) is 46.6 Å². The summed E-state index contributed by atoms with van der Waals surface area (Å²) in [6.45, 7) is 11.3. The molecule has 1 rings (SSSR count). The third-order valence-electron chi connectivity index (χ3n) is 4.31. The minimum Gasteiger partial charge on any atom is -0.356 e. The molecule has 3 N–H and O–H groups in total. The van der Waals surface area contributed by atoms with Gasteiger partial charge in [0.15, 0.2) is 5.96 Å². The summed E-state index contributed by atoms with van der Waals surface area (Å²) in [5.74, 6) is 1.10. The fraction of sp³-hybridized carbons (Fsp3) is 0.579. The van der Waals surface area contributed by atoms with Gasteiger partial charge in [0, 0.05) is 32.1 Å². The minimum atomic E-state index is -0.498. The van der Waals surface area contributed by atoms with E-state index in [1.807, 2.05) is 26.8 Å². The highest BCUT2D eigenvalue weighted by atomic mass is 127. The van der Waals surface area contributed by atoms with Gasteiger partial charge in [-0.25, -0.2) is 0 Å². The van der Waals surface area contributed by atoms with Crippen molar-refractivity contribution in [2.75, 3.05) is 20.1 Å². The Labute approximate surface area is 169 Å².